The minimum atomic E-state index is -0.652. The standard InChI is InChI=1S/C15H14O4/c1-15(2)8-10(16)11-12(9-6-4-3-5-7-9)18-14(17)13(11)19-15/h3-7,12H,8H2,1-2H3. The fourth-order valence-electron chi connectivity index (χ4n) is 2.47. The molecule has 0 saturated carbocycles. The molecule has 0 fully saturated rings. The fraction of sp³-hybridized carbons (Fsp3) is 0.333. The molecule has 98 valence electrons. The van der Waals surface area contributed by atoms with Gasteiger partial charge in [0, 0.05) is 0 Å². The van der Waals surface area contributed by atoms with E-state index >= 15 is 0 Å². The quantitative estimate of drug-likeness (QED) is 0.725. The molecule has 1 unspecified atom stereocenters. The van der Waals surface area contributed by atoms with Crippen LogP contribution in [0.15, 0.2) is 41.7 Å². The van der Waals surface area contributed by atoms with Crippen LogP contribution in [0.5, 0.6) is 0 Å². The van der Waals surface area contributed by atoms with E-state index in [1.807, 2.05) is 30.3 Å². The molecule has 0 aromatic heterocycles. The van der Waals surface area contributed by atoms with Crippen LogP contribution in [0.1, 0.15) is 31.9 Å². The molecule has 2 aliphatic rings. The van der Waals surface area contributed by atoms with Gasteiger partial charge in [-0.25, -0.2) is 4.79 Å². The van der Waals surface area contributed by atoms with Crippen LogP contribution in [0.4, 0.5) is 0 Å². The molecule has 1 aromatic rings. The predicted molar refractivity (Wildman–Crippen MR) is 67.1 cm³/mol. The van der Waals surface area contributed by atoms with E-state index in [1.165, 1.54) is 0 Å². The summed E-state index contributed by atoms with van der Waals surface area (Å²) in [5.41, 5.74) is 0.494. The molecule has 0 spiro atoms. The minimum absolute atomic E-state index is 0.0778. The van der Waals surface area contributed by atoms with E-state index in [2.05, 4.69) is 0 Å². The number of hydrogen-bond donors (Lipinski definition) is 0. The SMILES string of the molecule is CC1(C)CC(=O)C2=C(O1)C(=O)OC2c1ccccc1. The molecular weight excluding hydrogens is 244 g/mol. The van der Waals surface area contributed by atoms with Gasteiger partial charge >= 0.3 is 5.97 Å². The second-order valence-corrected chi connectivity index (χ2v) is 5.40. The Kier molecular flexibility index (Phi) is 2.49. The van der Waals surface area contributed by atoms with Gasteiger partial charge < -0.3 is 9.47 Å². The summed E-state index contributed by atoms with van der Waals surface area (Å²) in [7, 11) is 0. The number of cyclic esters (lactones) is 1. The Balaban J connectivity index is 2.06. The summed E-state index contributed by atoms with van der Waals surface area (Å²) in [6.07, 6.45) is -0.376. The van der Waals surface area contributed by atoms with E-state index in [4.69, 9.17) is 9.47 Å². The first kappa shape index (κ1) is 12.0. The first-order valence-corrected chi connectivity index (χ1v) is 6.20. The van der Waals surface area contributed by atoms with Crippen molar-refractivity contribution < 1.29 is 19.1 Å². The number of Topliss-reactive ketones (excluding diaryl/α,β-unsaturated/α-hetero) is 1. The van der Waals surface area contributed by atoms with Gasteiger partial charge in [0.05, 0.1) is 12.0 Å². The number of ether oxygens (including phenoxy) is 2. The van der Waals surface area contributed by atoms with Gasteiger partial charge in [-0.15, -0.1) is 0 Å². The van der Waals surface area contributed by atoms with E-state index < -0.39 is 17.7 Å². The van der Waals surface area contributed by atoms with E-state index in [0.717, 1.165) is 5.56 Å². The molecule has 1 aromatic carbocycles. The molecule has 0 N–H and O–H groups in total. The first-order chi connectivity index (χ1) is 8.98. The number of ketones is 1. The largest absolute Gasteiger partial charge is 0.480 e. The van der Waals surface area contributed by atoms with Crippen LogP contribution in [0.25, 0.3) is 0 Å². The van der Waals surface area contributed by atoms with Crippen LogP contribution in [0.3, 0.4) is 0 Å². The summed E-state index contributed by atoms with van der Waals surface area (Å²) in [6, 6.07) is 9.24. The maximum absolute atomic E-state index is 12.3. The number of carbonyl (C=O) groups excluding carboxylic acids is 2. The molecule has 0 amide bonds. The number of benzene rings is 1. The average Bonchev–Trinajstić information content (AvgIpc) is 2.67. The van der Waals surface area contributed by atoms with Crippen molar-refractivity contribution in [1.82, 2.24) is 0 Å². The normalized spacial score (nSPS) is 24.8. The summed E-state index contributed by atoms with van der Waals surface area (Å²) in [5.74, 6) is -0.550. The number of hydrogen-bond acceptors (Lipinski definition) is 4. The molecule has 2 heterocycles. The summed E-state index contributed by atoms with van der Waals surface area (Å²) in [4.78, 5) is 24.1. The van der Waals surface area contributed by atoms with Crippen molar-refractivity contribution in [2.45, 2.75) is 32.0 Å². The van der Waals surface area contributed by atoms with Gasteiger partial charge in [0.15, 0.2) is 11.9 Å². The molecule has 1 atom stereocenters. The molecular formula is C15H14O4. The Bertz CT molecular complexity index is 583. The monoisotopic (exact) mass is 258 g/mol. The molecule has 2 aliphatic heterocycles. The fourth-order valence-corrected chi connectivity index (χ4v) is 2.47. The third-order valence-corrected chi connectivity index (χ3v) is 3.28. The predicted octanol–water partition coefficient (Wildman–Crippen LogP) is 2.31. The Morgan fingerprint density at radius 3 is 2.53 bits per heavy atom. The molecule has 19 heavy (non-hydrogen) atoms. The number of carbonyl (C=O) groups is 2. The van der Waals surface area contributed by atoms with Gasteiger partial charge in [-0.05, 0) is 19.4 Å². The maximum atomic E-state index is 12.3. The smallest absolute Gasteiger partial charge is 0.375 e. The van der Waals surface area contributed by atoms with E-state index in [9.17, 15) is 9.59 Å². The van der Waals surface area contributed by atoms with Crippen LogP contribution in [0, 0.1) is 0 Å². The average molecular weight is 258 g/mol. The molecule has 0 saturated heterocycles. The molecule has 3 rings (SSSR count). The Labute approximate surface area is 111 Å². The Hall–Kier alpha value is -2.10. The van der Waals surface area contributed by atoms with Crippen molar-refractivity contribution in [2.24, 2.45) is 0 Å². The van der Waals surface area contributed by atoms with Gasteiger partial charge in [-0.2, -0.15) is 0 Å². The van der Waals surface area contributed by atoms with Crippen molar-refractivity contribution in [3.05, 3.63) is 47.2 Å². The highest BCUT2D eigenvalue weighted by molar-refractivity contribution is 6.07. The lowest BCUT2D eigenvalue weighted by molar-refractivity contribution is -0.145. The van der Waals surface area contributed by atoms with Crippen LogP contribution >= 0.6 is 0 Å². The maximum Gasteiger partial charge on any atom is 0.375 e. The lowest BCUT2D eigenvalue weighted by Gasteiger charge is -2.29. The van der Waals surface area contributed by atoms with Crippen LogP contribution < -0.4 is 0 Å². The molecule has 0 bridgehead atoms. The zero-order valence-electron chi connectivity index (χ0n) is 10.8. The third-order valence-electron chi connectivity index (χ3n) is 3.28. The Morgan fingerprint density at radius 2 is 1.84 bits per heavy atom. The third kappa shape index (κ3) is 1.93. The summed E-state index contributed by atoms with van der Waals surface area (Å²) < 4.78 is 10.9. The summed E-state index contributed by atoms with van der Waals surface area (Å²) in [5, 5.41) is 0. The molecule has 4 heteroatoms. The topological polar surface area (TPSA) is 52.6 Å². The highest BCUT2D eigenvalue weighted by Crippen LogP contribution is 2.42. The lowest BCUT2D eigenvalue weighted by atomic mass is 9.89. The summed E-state index contributed by atoms with van der Waals surface area (Å²) >= 11 is 0. The number of rotatable bonds is 1. The van der Waals surface area contributed by atoms with Gasteiger partial charge in [-0.1, -0.05) is 30.3 Å². The highest BCUT2D eigenvalue weighted by atomic mass is 16.6. The zero-order chi connectivity index (χ0) is 13.6. The van der Waals surface area contributed by atoms with Crippen molar-refractivity contribution >= 4 is 11.8 Å². The van der Waals surface area contributed by atoms with Gasteiger partial charge in [0.25, 0.3) is 0 Å². The lowest BCUT2D eigenvalue weighted by Crippen LogP contribution is -2.34. The number of esters is 1. The van der Waals surface area contributed by atoms with E-state index in [-0.39, 0.29) is 18.0 Å². The Morgan fingerprint density at radius 1 is 1.16 bits per heavy atom. The minimum Gasteiger partial charge on any atom is -0.480 e. The first-order valence-electron chi connectivity index (χ1n) is 6.20. The van der Waals surface area contributed by atoms with Crippen LogP contribution in [0.2, 0.25) is 0 Å². The molecule has 0 radical (unpaired) electrons. The summed E-state index contributed by atoms with van der Waals surface area (Å²) in [6.45, 7) is 3.58. The van der Waals surface area contributed by atoms with E-state index in [1.54, 1.807) is 13.8 Å². The van der Waals surface area contributed by atoms with Crippen LogP contribution in [-0.4, -0.2) is 17.4 Å². The molecule has 0 aliphatic carbocycles. The van der Waals surface area contributed by atoms with Crippen molar-refractivity contribution in [3.8, 4) is 0 Å². The van der Waals surface area contributed by atoms with Gasteiger partial charge in [0.1, 0.15) is 5.60 Å². The zero-order valence-corrected chi connectivity index (χ0v) is 10.8. The van der Waals surface area contributed by atoms with Crippen molar-refractivity contribution in [3.63, 3.8) is 0 Å². The van der Waals surface area contributed by atoms with Gasteiger partial charge in [-0.3, -0.25) is 4.79 Å². The highest BCUT2D eigenvalue weighted by Gasteiger charge is 2.47. The van der Waals surface area contributed by atoms with E-state index in [0.29, 0.717) is 5.57 Å². The second kappa shape index (κ2) is 3.95. The molecule has 4 nitrogen and oxygen atoms in total. The van der Waals surface area contributed by atoms with Crippen molar-refractivity contribution in [2.75, 3.05) is 0 Å². The van der Waals surface area contributed by atoms with Crippen molar-refractivity contribution in [1.29, 1.82) is 0 Å². The van der Waals surface area contributed by atoms with Crippen LogP contribution in [-0.2, 0) is 19.1 Å². The second-order valence-electron chi connectivity index (χ2n) is 5.40. The van der Waals surface area contributed by atoms with Gasteiger partial charge in [0.2, 0.25) is 5.76 Å².